The first-order chi connectivity index (χ1) is 10.3. The maximum Gasteiger partial charge on any atom is 0.108 e. The van der Waals surface area contributed by atoms with Gasteiger partial charge < -0.3 is 4.57 Å². The molecule has 3 aromatic carbocycles. The van der Waals surface area contributed by atoms with Crippen molar-refractivity contribution >= 4 is 13.1 Å². The topological polar surface area (TPSA) is 17.1 Å². The van der Waals surface area contributed by atoms with Crippen LogP contribution in [0.15, 0.2) is 84.9 Å². The molecule has 0 N–H and O–H groups in total. The first kappa shape index (κ1) is 13.9. The third-order valence-electron chi connectivity index (χ3n) is 3.52. The lowest BCUT2D eigenvalue weighted by Crippen LogP contribution is -1.97. The van der Waals surface area contributed by atoms with Crippen molar-refractivity contribution in [1.82, 2.24) is 0 Å². The Bertz CT molecular complexity index is 719. The van der Waals surface area contributed by atoms with E-state index in [1.165, 1.54) is 5.56 Å². The van der Waals surface area contributed by atoms with Crippen LogP contribution in [0, 0.1) is 0 Å². The van der Waals surface area contributed by atoms with Crippen molar-refractivity contribution in [3.05, 3.63) is 90.5 Å². The van der Waals surface area contributed by atoms with E-state index in [0.717, 1.165) is 16.4 Å². The van der Waals surface area contributed by atoms with Gasteiger partial charge in [-0.15, -0.1) is 0 Å². The Labute approximate surface area is 126 Å². The van der Waals surface area contributed by atoms with E-state index >= 15 is 0 Å². The van der Waals surface area contributed by atoms with Gasteiger partial charge in [-0.05, 0) is 16.7 Å². The Morgan fingerprint density at radius 1 is 0.619 bits per heavy atom. The van der Waals surface area contributed by atoms with E-state index in [4.69, 9.17) is 0 Å². The van der Waals surface area contributed by atoms with Gasteiger partial charge in [0.05, 0.1) is 0 Å². The van der Waals surface area contributed by atoms with Gasteiger partial charge in [0, 0.05) is 11.5 Å². The smallest absolute Gasteiger partial charge is 0.108 e. The third kappa shape index (κ3) is 3.51. The fourth-order valence-corrected chi connectivity index (χ4v) is 3.71. The summed E-state index contributed by atoms with van der Waals surface area (Å²) in [5, 5.41) is 0.948. The molecule has 0 saturated heterocycles. The summed E-state index contributed by atoms with van der Waals surface area (Å²) in [6.07, 6.45) is 0.635. The molecule has 2 heteroatoms. The average Bonchev–Trinajstić information content (AvgIpc) is 2.57. The second-order valence-corrected chi connectivity index (χ2v) is 6.81. The van der Waals surface area contributed by atoms with E-state index in [-0.39, 0.29) is 0 Å². The summed E-state index contributed by atoms with van der Waals surface area (Å²) in [5.41, 5.74) is 3.48. The quantitative estimate of drug-likeness (QED) is 0.635. The van der Waals surface area contributed by atoms with Gasteiger partial charge in [-0.1, -0.05) is 84.9 Å². The van der Waals surface area contributed by atoms with E-state index in [1.54, 1.807) is 0 Å². The Hall–Kier alpha value is -2.11. The first-order valence-corrected chi connectivity index (χ1v) is 8.67. The van der Waals surface area contributed by atoms with Crippen molar-refractivity contribution < 1.29 is 4.57 Å². The van der Waals surface area contributed by atoms with Crippen LogP contribution in [0.2, 0.25) is 0 Å². The fourth-order valence-electron chi connectivity index (χ4n) is 2.36. The van der Waals surface area contributed by atoms with E-state index in [1.807, 2.05) is 60.7 Å². The molecule has 0 saturated carbocycles. The highest BCUT2D eigenvalue weighted by atomic mass is 31.1. The molecule has 3 aromatic rings. The van der Waals surface area contributed by atoms with Crippen LogP contribution < -0.4 is 5.30 Å². The van der Waals surface area contributed by atoms with Gasteiger partial charge >= 0.3 is 0 Å². The zero-order valence-electron chi connectivity index (χ0n) is 11.7. The maximum absolute atomic E-state index is 12.4. The molecule has 3 rings (SSSR count). The van der Waals surface area contributed by atoms with Crippen molar-refractivity contribution in [2.24, 2.45) is 0 Å². The molecular formula is C19H17OP. The van der Waals surface area contributed by atoms with Crippen LogP contribution in [-0.4, -0.2) is 0 Å². The highest BCUT2D eigenvalue weighted by molar-refractivity contribution is 7.52. The van der Waals surface area contributed by atoms with Crippen LogP contribution in [0.25, 0.3) is 11.1 Å². The van der Waals surface area contributed by atoms with Gasteiger partial charge in [-0.3, -0.25) is 0 Å². The molecule has 0 aromatic heterocycles. The minimum Gasteiger partial charge on any atom is -0.322 e. The van der Waals surface area contributed by atoms with Crippen molar-refractivity contribution in [3.63, 3.8) is 0 Å². The van der Waals surface area contributed by atoms with Gasteiger partial charge in [0.2, 0.25) is 0 Å². The number of hydrogen-bond donors (Lipinski definition) is 0. The Balaban J connectivity index is 1.77. The lowest BCUT2D eigenvalue weighted by molar-refractivity contribution is 0.592. The van der Waals surface area contributed by atoms with Crippen LogP contribution in [0.4, 0.5) is 0 Å². The predicted octanol–water partition coefficient (Wildman–Crippen LogP) is 4.74. The molecule has 0 radical (unpaired) electrons. The lowest BCUT2D eigenvalue weighted by Gasteiger charge is -2.05. The Kier molecular flexibility index (Phi) is 4.33. The summed E-state index contributed by atoms with van der Waals surface area (Å²) >= 11 is 0. The zero-order chi connectivity index (χ0) is 14.5. The van der Waals surface area contributed by atoms with E-state index < -0.39 is 7.80 Å². The molecule has 21 heavy (non-hydrogen) atoms. The molecule has 0 spiro atoms. The summed E-state index contributed by atoms with van der Waals surface area (Å²) in [5.74, 6) is 0. The minimum absolute atomic E-state index is 0.635. The van der Waals surface area contributed by atoms with Gasteiger partial charge in [-0.2, -0.15) is 0 Å². The molecule has 0 aliphatic heterocycles. The summed E-state index contributed by atoms with van der Waals surface area (Å²) in [6, 6.07) is 28.3. The molecule has 1 atom stereocenters. The van der Waals surface area contributed by atoms with Crippen molar-refractivity contribution in [1.29, 1.82) is 0 Å². The summed E-state index contributed by atoms with van der Waals surface area (Å²) < 4.78 is 12.4. The molecule has 0 amide bonds. The van der Waals surface area contributed by atoms with Crippen molar-refractivity contribution in [2.45, 2.75) is 6.16 Å². The van der Waals surface area contributed by atoms with Gasteiger partial charge in [0.1, 0.15) is 7.80 Å². The molecule has 0 heterocycles. The fraction of sp³-hybridized carbons (Fsp3) is 0.0526. The first-order valence-electron chi connectivity index (χ1n) is 7.05. The summed E-state index contributed by atoms with van der Waals surface area (Å²) in [6.45, 7) is 0. The number of hydrogen-bond acceptors (Lipinski definition) is 1. The number of benzene rings is 3. The summed E-state index contributed by atoms with van der Waals surface area (Å²) in [7, 11) is -1.77. The van der Waals surface area contributed by atoms with Gasteiger partial charge in [0.25, 0.3) is 0 Å². The minimum atomic E-state index is -1.77. The second kappa shape index (κ2) is 6.56. The van der Waals surface area contributed by atoms with Crippen LogP contribution >= 0.6 is 7.80 Å². The highest BCUT2D eigenvalue weighted by Crippen LogP contribution is 2.27. The van der Waals surface area contributed by atoms with Crippen molar-refractivity contribution in [2.75, 3.05) is 0 Å². The second-order valence-electron chi connectivity index (χ2n) is 5.03. The van der Waals surface area contributed by atoms with Gasteiger partial charge in [-0.25, -0.2) is 0 Å². The van der Waals surface area contributed by atoms with Gasteiger partial charge in [0.15, 0.2) is 0 Å². The van der Waals surface area contributed by atoms with E-state index in [0.29, 0.717) is 6.16 Å². The zero-order valence-corrected chi connectivity index (χ0v) is 12.7. The largest absolute Gasteiger partial charge is 0.322 e. The molecule has 104 valence electrons. The highest BCUT2D eigenvalue weighted by Gasteiger charge is 2.05. The normalized spacial score (nSPS) is 12.0. The maximum atomic E-state index is 12.4. The SMILES string of the molecule is O=[PH](Cc1ccccc1)c1ccc(-c2ccccc2)cc1. The monoisotopic (exact) mass is 292 g/mol. The number of rotatable bonds is 4. The van der Waals surface area contributed by atoms with Crippen molar-refractivity contribution in [3.8, 4) is 11.1 Å². The Morgan fingerprint density at radius 3 is 1.76 bits per heavy atom. The third-order valence-corrected chi connectivity index (χ3v) is 5.23. The lowest BCUT2D eigenvalue weighted by atomic mass is 10.1. The van der Waals surface area contributed by atoms with Crippen LogP contribution in [-0.2, 0) is 10.7 Å². The molecule has 0 fully saturated rings. The molecule has 1 nitrogen and oxygen atoms in total. The molecular weight excluding hydrogens is 275 g/mol. The van der Waals surface area contributed by atoms with Crippen LogP contribution in [0.3, 0.4) is 0 Å². The van der Waals surface area contributed by atoms with E-state index in [2.05, 4.69) is 24.3 Å². The standard InChI is InChI=1S/C19H17OP/c20-21(15-16-7-3-1-4-8-16)19-13-11-18(12-14-19)17-9-5-2-6-10-17/h1-14,21H,15H2. The molecule has 0 aliphatic carbocycles. The Morgan fingerprint density at radius 2 is 1.14 bits per heavy atom. The molecule has 0 bridgehead atoms. The summed E-state index contributed by atoms with van der Waals surface area (Å²) in [4.78, 5) is 0. The molecule has 1 unspecified atom stereocenters. The van der Waals surface area contributed by atoms with Crippen LogP contribution in [0.5, 0.6) is 0 Å². The van der Waals surface area contributed by atoms with E-state index in [9.17, 15) is 4.57 Å². The molecule has 0 aliphatic rings. The van der Waals surface area contributed by atoms with Crippen LogP contribution in [0.1, 0.15) is 5.56 Å². The average molecular weight is 292 g/mol. The predicted molar refractivity (Wildman–Crippen MR) is 90.7 cm³/mol.